The highest BCUT2D eigenvalue weighted by Crippen LogP contribution is 2.46. The van der Waals surface area contributed by atoms with Crippen molar-refractivity contribution in [3.8, 4) is 5.75 Å². The fraction of sp³-hybridized carbons (Fsp3) is 0.143. The number of phenolic OH excluding ortho intramolecular Hbond substituents is 1. The Balaban J connectivity index is 2.18. The van der Waals surface area contributed by atoms with Crippen LogP contribution in [0.4, 0.5) is 0 Å². The third-order valence-corrected chi connectivity index (χ3v) is 4.23. The van der Waals surface area contributed by atoms with E-state index >= 15 is 0 Å². The van der Waals surface area contributed by atoms with E-state index in [0.717, 1.165) is 0 Å². The molecule has 2 aromatic carbocycles. The average Bonchev–Trinajstić information content (AvgIpc) is 2.29. The summed E-state index contributed by atoms with van der Waals surface area (Å²) in [6.45, 7) is 2.22. The summed E-state index contributed by atoms with van der Waals surface area (Å²) in [6.07, 6.45) is 0. The van der Waals surface area contributed by atoms with E-state index in [9.17, 15) is 5.11 Å². The lowest BCUT2D eigenvalue weighted by Gasteiger charge is -2.24. The molecule has 1 nitrogen and oxygen atoms in total. The van der Waals surface area contributed by atoms with E-state index in [1.807, 2.05) is 12.1 Å². The molecule has 1 aliphatic rings. The van der Waals surface area contributed by atoms with E-state index in [0.29, 0.717) is 11.7 Å². The summed E-state index contributed by atoms with van der Waals surface area (Å²) in [5.74, 6) is 0.755. The second kappa shape index (κ2) is 3.56. The van der Waals surface area contributed by atoms with Crippen LogP contribution < -0.4 is 0 Å². The van der Waals surface area contributed by atoms with Crippen LogP contribution in [0.5, 0.6) is 5.75 Å². The molecule has 0 saturated carbocycles. The van der Waals surface area contributed by atoms with Crippen molar-refractivity contribution in [1.82, 2.24) is 0 Å². The maximum absolute atomic E-state index is 9.51. The van der Waals surface area contributed by atoms with Gasteiger partial charge in [-0.05, 0) is 29.3 Å². The van der Waals surface area contributed by atoms with E-state index in [1.165, 1.54) is 20.9 Å². The lowest BCUT2D eigenvalue weighted by molar-refractivity contribution is 0.473. The van der Waals surface area contributed by atoms with Gasteiger partial charge in [-0.1, -0.05) is 43.0 Å². The SMILES string of the molecule is CC1c2ccccc2Sc2cc(O)ccc21. The third-order valence-electron chi connectivity index (χ3n) is 3.07. The summed E-state index contributed by atoms with van der Waals surface area (Å²) < 4.78 is 0. The zero-order chi connectivity index (χ0) is 11.1. The molecule has 0 saturated heterocycles. The van der Waals surface area contributed by atoms with Crippen LogP contribution in [0.25, 0.3) is 0 Å². The van der Waals surface area contributed by atoms with Gasteiger partial charge in [-0.15, -0.1) is 0 Å². The van der Waals surface area contributed by atoms with Crippen LogP contribution in [0, 0.1) is 0 Å². The molecule has 16 heavy (non-hydrogen) atoms. The quantitative estimate of drug-likeness (QED) is 0.735. The van der Waals surface area contributed by atoms with E-state index in [1.54, 1.807) is 17.8 Å². The molecule has 1 heterocycles. The monoisotopic (exact) mass is 228 g/mol. The zero-order valence-electron chi connectivity index (χ0n) is 8.97. The van der Waals surface area contributed by atoms with E-state index < -0.39 is 0 Å². The predicted octanol–water partition coefficient (Wildman–Crippen LogP) is 4.01. The number of benzene rings is 2. The summed E-state index contributed by atoms with van der Waals surface area (Å²) >= 11 is 1.74. The van der Waals surface area contributed by atoms with Crippen molar-refractivity contribution in [3.63, 3.8) is 0 Å². The van der Waals surface area contributed by atoms with Gasteiger partial charge in [0.25, 0.3) is 0 Å². The topological polar surface area (TPSA) is 20.2 Å². The normalized spacial score (nSPS) is 17.7. The number of aromatic hydroxyl groups is 1. The van der Waals surface area contributed by atoms with Crippen LogP contribution >= 0.6 is 11.8 Å². The molecule has 0 bridgehead atoms. The molecule has 0 aromatic heterocycles. The summed E-state index contributed by atoms with van der Waals surface area (Å²) in [5.41, 5.74) is 2.69. The van der Waals surface area contributed by atoms with Gasteiger partial charge in [0.1, 0.15) is 5.75 Å². The van der Waals surface area contributed by atoms with Gasteiger partial charge in [0, 0.05) is 15.7 Å². The summed E-state index contributed by atoms with van der Waals surface area (Å²) in [5, 5.41) is 9.51. The zero-order valence-corrected chi connectivity index (χ0v) is 9.79. The van der Waals surface area contributed by atoms with Gasteiger partial charge >= 0.3 is 0 Å². The molecule has 0 aliphatic carbocycles. The second-order valence-electron chi connectivity index (χ2n) is 4.08. The van der Waals surface area contributed by atoms with Crippen molar-refractivity contribution in [2.24, 2.45) is 0 Å². The molecule has 0 spiro atoms. The Kier molecular flexibility index (Phi) is 2.18. The summed E-state index contributed by atoms with van der Waals surface area (Å²) in [6, 6.07) is 14.1. The van der Waals surface area contributed by atoms with E-state index in [4.69, 9.17) is 0 Å². The molecule has 1 N–H and O–H groups in total. The highest BCUT2D eigenvalue weighted by Gasteiger charge is 2.22. The van der Waals surface area contributed by atoms with E-state index in [2.05, 4.69) is 31.2 Å². The lowest BCUT2D eigenvalue weighted by atomic mass is 9.92. The minimum atomic E-state index is 0.345. The van der Waals surface area contributed by atoms with Gasteiger partial charge in [0.2, 0.25) is 0 Å². The van der Waals surface area contributed by atoms with Gasteiger partial charge in [-0.25, -0.2) is 0 Å². The highest BCUT2D eigenvalue weighted by molar-refractivity contribution is 7.99. The van der Waals surface area contributed by atoms with Gasteiger partial charge in [0.05, 0.1) is 0 Å². The van der Waals surface area contributed by atoms with Crippen molar-refractivity contribution in [1.29, 1.82) is 0 Å². The molecule has 2 heteroatoms. The first-order chi connectivity index (χ1) is 7.75. The van der Waals surface area contributed by atoms with Gasteiger partial charge < -0.3 is 5.11 Å². The number of phenols is 1. The Morgan fingerprint density at radius 3 is 2.62 bits per heavy atom. The van der Waals surface area contributed by atoms with Crippen LogP contribution in [0.3, 0.4) is 0 Å². The molecule has 0 radical (unpaired) electrons. The molecule has 0 amide bonds. The highest BCUT2D eigenvalue weighted by atomic mass is 32.2. The van der Waals surface area contributed by atoms with Gasteiger partial charge in [-0.3, -0.25) is 0 Å². The fourth-order valence-electron chi connectivity index (χ4n) is 2.19. The molecule has 1 aliphatic heterocycles. The summed E-state index contributed by atoms with van der Waals surface area (Å²) in [7, 11) is 0. The van der Waals surface area contributed by atoms with Crippen molar-refractivity contribution in [2.45, 2.75) is 22.6 Å². The maximum Gasteiger partial charge on any atom is 0.116 e. The maximum atomic E-state index is 9.51. The molecular weight excluding hydrogens is 216 g/mol. The van der Waals surface area contributed by atoms with Crippen LogP contribution in [-0.4, -0.2) is 5.11 Å². The number of fused-ring (bicyclic) bond motifs is 2. The van der Waals surface area contributed by atoms with E-state index in [-0.39, 0.29) is 0 Å². The van der Waals surface area contributed by atoms with Crippen LogP contribution in [0.2, 0.25) is 0 Å². The first-order valence-electron chi connectivity index (χ1n) is 5.35. The van der Waals surface area contributed by atoms with Crippen molar-refractivity contribution in [2.75, 3.05) is 0 Å². The minimum absolute atomic E-state index is 0.345. The van der Waals surface area contributed by atoms with Crippen LogP contribution in [-0.2, 0) is 0 Å². The second-order valence-corrected chi connectivity index (χ2v) is 5.17. The molecule has 0 fully saturated rings. The van der Waals surface area contributed by atoms with Crippen molar-refractivity contribution in [3.05, 3.63) is 53.6 Å². The third kappa shape index (κ3) is 1.41. The molecule has 1 unspecified atom stereocenters. The lowest BCUT2D eigenvalue weighted by Crippen LogP contribution is -2.04. The number of hydrogen-bond donors (Lipinski definition) is 1. The molecule has 3 rings (SSSR count). The molecule has 80 valence electrons. The number of hydrogen-bond acceptors (Lipinski definition) is 2. The smallest absolute Gasteiger partial charge is 0.116 e. The van der Waals surface area contributed by atoms with Crippen LogP contribution in [0.1, 0.15) is 24.0 Å². The van der Waals surface area contributed by atoms with Crippen LogP contribution in [0.15, 0.2) is 52.3 Å². The Morgan fingerprint density at radius 2 is 1.75 bits per heavy atom. The standard InChI is InChI=1S/C14H12OS/c1-9-11-4-2-3-5-13(11)16-14-8-10(15)6-7-12(9)14/h2-9,15H,1H3. The molecular formula is C14H12OS. The Morgan fingerprint density at radius 1 is 1.00 bits per heavy atom. The largest absolute Gasteiger partial charge is 0.508 e. The Bertz CT molecular complexity index is 548. The Labute approximate surface area is 99.1 Å². The van der Waals surface area contributed by atoms with Crippen molar-refractivity contribution >= 4 is 11.8 Å². The predicted molar refractivity (Wildman–Crippen MR) is 66.2 cm³/mol. The fourth-order valence-corrected chi connectivity index (χ4v) is 3.47. The first-order valence-corrected chi connectivity index (χ1v) is 6.17. The molecule has 2 aromatic rings. The Hall–Kier alpha value is -1.41. The summed E-state index contributed by atoms with van der Waals surface area (Å²) in [4.78, 5) is 2.47. The number of rotatable bonds is 0. The van der Waals surface area contributed by atoms with Crippen molar-refractivity contribution < 1.29 is 5.11 Å². The minimum Gasteiger partial charge on any atom is -0.508 e. The molecule has 1 atom stereocenters. The average molecular weight is 228 g/mol. The van der Waals surface area contributed by atoms with Gasteiger partial charge in [-0.2, -0.15) is 0 Å². The first kappa shape index (κ1) is 9.79. The van der Waals surface area contributed by atoms with Gasteiger partial charge in [0.15, 0.2) is 0 Å².